The number of thiocarbonyl (C=S) groups is 1. The normalized spacial score (nSPS) is 36.9. The minimum Gasteiger partial charge on any atom is -0.394 e. The van der Waals surface area contributed by atoms with Crippen LogP contribution in [0.15, 0.2) is 0 Å². The Morgan fingerprint density at radius 1 is 1.41 bits per heavy atom. The third-order valence-corrected chi connectivity index (χ3v) is 2.88. The van der Waals surface area contributed by atoms with Crippen molar-refractivity contribution in [2.75, 3.05) is 20.3 Å². The summed E-state index contributed by atoms with van der Waals surface area (Å²) in [6.07, 6.45) is -3.68. The first kappa shape index (κ1) is 14.5. The van der Waals surface area contributed by atoms with Crippen LogP contribution in [0, 0.1) is 0 Å². The highest BCUT2D eigenvalue weighted by Gasteiger charge is 2.54. The van der Waals surface area contributed by atoms with E-state index in [4.69, 9.17) is 22.1 Å². The molecule has 0 aromatic heterocycles. The highest BCUT2D eigenvalue weighted by Crippen LogP contribution is 2.28. The Labute approximate surface area is 104 Å². The fourth-order valence-corrected chi connectivity index (χ4v) is 1.58. The number of aliphatic hydroxyl groups is 4. The lowest BCUT2D eigenvalue weighted by Crippen LogP contribution is -2.63. The van der Waals surface area contributed by atoms with E-state index in [0.717, 1.165) is 0 Å². The molecule has 1 fully saturated rings. The van der Waals surface area contributed by atoms with Gasteiger partial charge < -0.3 is 30.5 Å². The molecule has 1 aliphatic rings. The summed E-state index contributed by atoms with van der Waals surface area (Å²) in [4.78, 5) is 0. The summed E-state index contributed by atoms with van der Waals surface area (Å²) in [7, 11) is 1.58. The second-order valence-electron chi connectivity index (χ2n) is 3.65. The number of nitrogens with one attached hydrogen (secondary N) is 3. The van der Waals surface area contributed by atoms with Crippen LogP contribution in [0.25, 0.3) is 0 Å². The van der Waals surface area contributed by atoms with Gasteiger partial charge in [0.15, 0.2) is 10.8 Å². The Balaban J connectivity index is 2.71. The van der Waals surface area contributed by atoms with Gasteiger partial charge in [0.25, 0.3) is 0 Å². The van der Waals surface area contributed by atoms with Crippen LogP contribution < -0.4 is 16.2 Å². The highest BCUT2D eigenvalue weighted by molar-refractivity contribution is 7.80. The zero-order valence-electron chi connectivity index (χ0n) is 9.25. The van der Waals surface area contributed by atoms with Gasteiger partial charge in [0.2, 0.25) is 0 Å². The topological polar surface area (TPSA) is 126 Å². The van der Waals surface area contributed by atoms with Crippen LogP contribution in [0.3, 0.4) is 0 Å². The minimum absolute atomic E-state index is 0.218. The van der Waals surface area contributed by atoms with Crippen LogP contribution in [0.4, 0.5) is 0 Å². The van der Waals surface area contributed by atoms with Gasteiger partial charge in [-0.25, -0.2) is 0 Å². The molecule has 100 valence electrons. The summed E-state index contributed by atoms with van der Waals surface area (Å²) in [5, 5.41) is 40.4. The molecule has 0 aliphatic carbocycles. The van der Waals surface area contributed by atoms with Crippen molar-refractivity contribution in [3.05, 3.63) is 0 Å². The average Bonchev–Trinajstić information content (AvgIpc) is 2.60. The molecule has 1 heterocycles. The Morgan fingerprint density at radius 2 is 2.06 bits per heavy atom. The van der Waals surface area contributed by atoms with Gasteiger partial charge in [-0.1, -0.05) is 0 Å². The van der Waals surface area contributed by atoms with E-state index in [1.807, 2.05) is 0 Å². The molecule has 1 saturated heterocycles. The van der Waals surface area contributed by atoms with Crippen molar-refractivity contribution in [2.24, 2.45) is 0 Å². The summed E-state index contributed by atoms with van der Waals surface area (Å²) in [5.41, 5.74) is 3.37. The molecular formula is C8H17N3O5S. The van der Waals surface area contributed by atoms with Gasteiger partial charge in [-0.05, 0) is 12.2 Å². The van der Waals surface area contributed by atoms with Crippen molar-refractivity contribution in [2.45, 2.75) is 24.0 Å². The van der Waals surface area contributed by atoms with Crippen molar-refractivity contribution in [1.29, 1.82) is 0 Å². The molecule has 8 nitrogen and oxygen atoms in total. The van der Waals surface area contributed by atoms with E-state index >= 15 is 0 Å². The molecule has 0 bridgehead atoms. The molecule has 17 heavy (non-hydrogen) atoms. The standard InChI is InChI=1S/C8H17N3O5S/c1-9-7(17)10-11-8(3-13)6(15)5(14)4(2-12)16-8/h4-6,11-15H,2-3H2,1H3,(H2,9,10,17)/t4-,5+,6+,8-/m1/s1. The first-order valence-corrected chi connectivity index (χ1v) is 5.42. The number of rotatable bonds is 4. The predicted molar refractivity (Wildman–Crippen MR) is 61.7 cm³/mol. The molecule has 0 aromatic rings. The van der Waals surface area contributed by atoms with E-state index in [1.54, 1.807) is 7.05 Å². The Bertz CT molecular complexity index is 282. The quantitative estimate of drug-likeness (QED) is 0.204. The average molecular weight is 267 g/mol. The molecule has 0 amide bonds. The Morgan fingerprint density at radius 3 is 2.47 bits per heavy atom. The van der Waals surface area contributed by atoms with Crippen molar-refractivity contribution in [3.63, 3.8) is 0 Å². The van der Waals surface area contributed by atoms with Gasteiger partial charge in [0, 0.05) is 7.05 Å². The first-order chi connectivity index (χ1) is 8.00. The van der Waals surface area contributed by atoms with E-state index in [1.165, 1.54) is 0 Å². The molecule has 7 N–H and O–H groups in total. The highest BCUT2D eigenvalue weighted by atomic mass is 32.1. The summed E-state index contributed by atoms with van der Waals surface area (Å²) >= 11 is 4.80. The zero-order chi connectivity index (χ0) is 13.1. The smallest absolute Gasteiger partial charge is 0.187 e. The molecule has 1 aliphatic heterocycles. The predicted octanol–water partition coefficient (Wildman–Crippen LogP) is -3.61. The number of hydrogen-bond acceptors (Lipinski definition) is 7. The maximum Gasteiger partial charge on any atom is 0.187 e. The third kappa shape index (κ3) is 2.83. The minimum atomic E-state index is -1.62. The monoisotopic (exact) mass is 267 g/mol. The first-order valence-electron chi connectivity index (χ1n) is 5.01. The molecule has 4 atom stereocenters. The van der Waals surface area contributed by atoms with E-state index in [-0.39, 0.29) is 5.11 Å². The third-order valence-electron chi connectivity index (χ3n) is 2.57. The number of aliphatic hydroxyl groups excluding tert-OH is 4. The van der Waals surface area contributed by atoms with Crippen LogP contribution in [0.5, 0.6) is 0 Å². The molecule has 1 rings (SSSR count). The van der Waals surface area contributed by atoms with Crippen molar-refractivity contribution in [1.82, 2.24) is 16.2 Å². The molecule has 9 heteroatoms. The number of hydrazine groups is 1. The SMILES string of the molecule is CNC(=S)NN[C@]1(CO)O[C@H](CO)[C@H](O)[C@@H]1O. The maximum absolute atomic E-state index is 9.78. The molecule has 0 unspecified atom stereocenters. The van der Waals surface area contributed by atoms with Gasteiger partial charge in [-0.15, -0.1) is 0 Å². The molecule has 0 radical (unpaired) electrons. The summed E-state index contributed by atoms with van der Waals surface area (Å²) in [5.74, 6) is 0. The lowest BCUT2D eigenvalue weighted by atomic mass is 10.0. The Kier molecular flexibility index (Phi) is 5.01. The van der Waals surface area contributed by atoms with Gasteiger partial charge >= 0.3 is 0 Å². The fourth-order valence-electron chi connectivity index (χ4n) is 1.53. The van der Waals surface area contributed by atoms with Gasteiger partial charge in [-0.3, -0.25) is 5.43 Å². The summed E-state index contributed by atoms with van der Waals surface area (Å²) in [6.45, 7) is -1.08. The van der Waals surface area contributed by atoms with Crippen molar-refractivity contribution >= 4 is 17.3 Å². The van der Waals surface area contributed by atoms with Crippen molar-refractivity contribution in [3.8, 4) is 0 Å². The van der Waals surface area contributed by atoms with E-state index in [9.17, 15) is 15.3 Å². The largest absolute Gasteiger partial charge is 0.394 e. The van der Waals surface area contributed by atoms with E-state index < -0.39 is 37.3 Å². The van der Waals surface area contributed by atoms with Gasteiger partial charge in [0.05, 0.1) is 13.2 Å². The number of ether oxygens (including phenoxy) is 1. The molecule has 0 spiro atoms. The van der Waals surface area contributed by atoms with E-state index in [2.05, 4.69) is 16.2 Å². The van der Waals surface area contributed by atoms with Crippen LogP contribution in [0.1, 0.15) is 0 Å². The van der Waals surface area contributed by atoms with Crippen LogP contribution in [0.2, 0.25) is 0 Å². The van der Waals surface area contributed by atoms with Gasteiger partial charge in [-0.2, -0.15) is 5.43 Å². The molecular weight excluding hydrogens is 250 g/mol. The van der Waals surface area contributed by atoms with Crippen molar-refractivity contribution < 1.29 is 25.2 Å². The van der Waals surface area contributed by atoms with Gasteiger partial charge in [0.1, 0.15) is 18.3 Å². The molecule has 0 saturated carbocycles. The van der Waals surface area contributed by atoms with E-state index in [0.29, 0.717) is 0 Å². The summed E-state index contributed by atoms with van der Waals surface area (Å²) in [6, 6.07) is 0. The molecule has 0 aromatic carbocycles. The fraction of sp³-hybridized carbons (Fsp3) is 0.875. The van der Waals surface area contributed by atoms with Crippen LogP contribution >= 0.6 is 12.2 Å². The zero-order valence-corrected chi connectivity index (χ0v) is 10.1. The Hall–Kier alpha value is -0.550. The maximum atomic E-state index is 9.78. The summed E-state index contributed by atoms with van der Waals surface area (Å²) < 4.78 is 5.21. The van der Waals surface area contributed by atoms with Crippen LogP contribution in [-0.2, 0) is 4.74 Å². The second-order valence-corrected chi connectivity index (χ2v) is 4.06. The lowest BCUT2D eigenvalue weighted by Gasteiger charge is -2.31. The number of hydrogen-bond donors (Lipinski definition) is 7. The second kappa shape index (κ2) is 5.87. The van der Waals surface area contributed by atoms with Crippen LogP contribution in [-0.4, -0.2) is 69.8 Å². The lowest BCUT2D eigenvalue weighted by molar-refractivity contribution is -0.142.